The van der Waals surface area contributed by atoms with Crippen LogP contribution in [0.3, 0.4) is 0 Å². The second kappa shape index (κ2) is 4.99. The predicted octanol–water partition coefficient (Wildman–Crippen LogP) is 1.02. The Bertz CT molecular complexity index is 660. The Balaban J connectivity index is 1.99. The fourth-order valence-electron chi connectivity index (χ4n) is 1.85. The zero-order chi connectivity index (χ0) is 13.1. The summed E-state index contributed by atoms with van der Waals surface area (Å²) < 4.78 is 5.28. The van der Waals surface area contributed by atoms with Crippen LogP contribution in [0.4, 0.5) is 0 Å². The first kappa shape index (κ1) is 11.5. The number of aromatic amines is 1. The van der Waals surface area contributed by atoms with E-state index in [0.717, 1.165) is 17.5 Å². The van der Waals surface area contributed by atoms with Crippen LogP contribution in [-0.4, -0.2) is 32.1 Å². The molecule has 7 heteroatoms. The highest BCUT2D eigenvalue weighted by atomic mass is 16.5. The average molecular weight is 256 g/mol. The Morgan fingerprint density at radius 3 is 2.95 bits per heavy atom. The highest BCUT2D eigenvalue weighted by Crippen LogP contribution is 2.24. The SMILES string of the molecule is NCCc1ccccc1-c1nc(-c2cn[nH]n2)no1. The van der Waals surface area contributed by atoms with Crippen LogP contribution in [-0.2, 0) is 6.42 Å². The molecular formula is C12H12N6O. The average Bonchev–Trinajstić information content (AvgIpc) is 3.11. The number of H-pyrrole nitrogens is 1. The van der Waals surface area contributed by atoms with Crippen molar-refractivity contribution in [2.24, 2.45) is 5.73 Å². The normalized spacial score (nSPS) is 10.8. The van der Waals surface area contributed by atoms with Crippen molar-refractivity contribution >= 4 is 0 Å². The van der Waals surface area contributed by atoms with Gasteiger partial charge in [0.05, 0.1) is 6.20 Å². The number of rotatable bonds is 4. The third kappa shape index (κ3) is 2.23. The van der Waals surface area contributed by atoms with E-state index in [9.17, 15) is 0 Å². The predicted molar refractivity (Wildman–Crippen MR) is 67.9 cm³/mol. The maximum atomic E-state index is 5.60. The first-order valence-electron chi connectivity index (χ1n) is 5.86. The molecule has 0 aliphatic rings. The first-order chi connectivity index (χ1) is 9.38. The molecule has 19 heavy (non-hydrogen) atoms. The highest BCUT2D eigenvalue weighted by Gasteiger charge is 2.14. The second-order valence-electron chi connectivity index (χ2n) is 3.97. The zero-order valence-electron chi connectivity index (χ0n) is 10.1. The molecule has 0 fully saturated rings. The molecule has 0 amide bonds. The van der Waals surface area contributed by atoms with Crippen molar-refractivity contribution in [3.63, 3.8) is 0 Å². The molecule has 0 atom stereocenters. The summed E-state index contributed by atoms with van der Waals surface area (Å²) >= 11 is 0. The summed E-state index contributed by atoms with van der Waals surface area (Å²) in [5.74, 6) is 0.869. The summed E-state index contributed by atoms with van der Waals surface area (Å²) in [5, 5.41) is 14.0. The van der Waals surface area contributed by atoms with Crippen molar-refractivity contribution in [2.75, 3.05) is 6.54 Å². The third-order valence-corrected chi connectivity index (χ3v) is 2.73. The fraction of sp³-hybridized carbons (Fsp3) is 0.167. The minimum Gasteiger partial charge on any atom is -0.334 e. The molecule has 3 N–H and O–H groups in total. The molecule has 0 bridgehead atoms. The van der Waals surface area contributed by atoms with Crippen molar-refractivity contribution in [2.45, 2.75) is 6.42 Å². The van der Waals surface area contributed by atoms with Gasteiger partial charge in [0.2, 0.25) is 5.82 Å². The van der Waals surface area contributed by atoms with Gasteiger partial charge in [0, 0.05) is 5.56 Å². The molecule has 0 radical (unpaired) electrons. The standard InChI is InChI=1S/C12H12N6O/c13-6-5-8-3-1-2-4-9(8)12-15-11(17-19-12)10-7-14-18-16-10/h1-4,7H,5-6,13H2,(H,14,16,18). The molecule has 0 saturated carbocycles. The van der Waals surface area contributed by atoms with E-state index in [0.29, 0.717) is 24.0 Å². The third-order valence-electron chi connectivity index (χ3n) is 2.73. The lowest BCUT2D eigenvalue weighted by Gasteiger charge is -2.03. The quantitative estimate of drug-likeness (QED) is 0.721. The number of hydrogen-bond donors (Lipinski definition) is 2. The Morgan fingerprint density at radius 2 is 2.16 bits per heavy atom. The van der Waals surface area contributed by atoms with Crippen molar-refractivity contribution in [1.82, 2.24) is 25.6 Å². The fourth-order valence-corrected chi connectivity index (χ4v) is 1.85. The molecule has 3 rings (SSSR count). The Kier molecular flexibility index (Phi) is 3.03. The number of benzene rings is 1. The molecule has 0 aliphatic carbocycles. The minimum atomic E-state index is 0.409. The molecule has 3 aromatic rings. The molecular weight excluding hydrogens is 244 g/mol. The minimum absolute atomic E-state index is 0.409. The van der Waals surface area contributed by atoms with Crippen molar-refractivity contribution in [3.05, 3.63) is 36.0 Å². The van der Waals surface area contributed by atoms with E-state index >= 15 is 0 Å². The van der Waals surface area contributed by atoms with E-state index in [1.54, 1.807) is 6.20 Å². The number of nitrogens with two attached hydrogens (primary N) is 1. The van der Waals surface area contributed by atoms with Gasteiger partial charge in [-0.3, -0.25) is 0 Å². The lowest BCUT2D eigenvalue weighted by atomic mass is 10.0. The van der Waals surface area contributed by atoms with E-state index in [-0.39, 0.29) is 0 Å². The van der Waals surface area contributed by atoms with Crippen LogP contribution in [0.1, 0.15) is 5.56 Å². The van der Waals surface area contributed by atoms with Gasteiger partial charge in [0.25, 0.3) is 5.89 Å². The van der Waals surface area contributed by atoms with Crippen LogP contribution in [0.25, 0.3) is 23.0 Å². The topological polar surface area (TPSA) is 107 Å². The maximum Gasteiger partial charge on any atom is 0.258 e. The van der Waals surface area contributed by atoms with Gasteiger partial charge < -0.3 is 10.3 Å². The lowest BCUT2D eigenvalue weighted by molar-refractivity contribution is 0.431. The van der Waals surface area contributed by atoms with Crippen molar-refractivity contribution < 1.29 is 4.52 Å². The molecule has 96 valence electrons. The van der Waals surface area contributed by atoms with Crippen LogP contribution < -0.4 is 5.73 Å². The Labute approximate surface area is 108 Å². The molecule has 0 unspecified atom stereocenters. The molecule has 0 saturated heterocycles. The van der Waals surface area contributed by atoms with E-state index in [2.05, 4.69) is 25.6 Å². The van der Waals surface area contributed by atoms with E-state index in [1.807, 2.05) is 24.3 Å². The van der Waals surface area contributed by atoms with Crippen LogP contribution >= 0.6 is 0 Å². The molecule has 2 aromatic heterocycles. The second-order valence-corrected chi connectivity index (χ2v) is 3.97. The molecule has 7 nitrogen and oxygen atoms in total. The van der Waals surface area contributed by atoms with Gasteiger partial charge in [-0.15, -0.1) is 0 Å². The van der Waals surface area contributed by atoms with Gasteiger partial charge >= 0.3 is 0 Å². The number of nitrogens with one attached hydrogen (secondary N) is 1. The number of nitrogens with zero attached hydrogens (tertiary/aromatic N) is 4. The van der Waals surface area contributed by atoms with Gasteiger partial charge in [-0.25, -0.2) is 0 Å². The van der Waals surface area contributed by atoms with Crippen LogP contribution in [0.15, 0.2) is 35.0 Å². The van der Waals surface area contributed by atoms with Gasteiger partial charge in [0.1, 0.15) is 0 Å². The maximum absolute atomic E-state index is 5.60. The molecule has 0 spiro atoms. The Hall–Kier alpha value is -2.54. The van der Waals surface area contributed by atoms with Gasteiger partial charge in [-0.1, -0.05) is 23.4 Å². The van der Waals surface area contributed by atoms with Gasteiger partial charge in [-0.2, -0.15) is 20.4 Å². The van der Waals surface area contributed by atoms with E-state index in [1.165, 1.54) is 0 Å². The van der Waals surface area contributed by atoms with E-state index < -0.39 is 0 Å². The monoisotopic (exact) mass is 256 g/mol. The van der Waals surface area contributed by atoms with Crippen LogP contribution in [0.2, 0.25) is 0 Å². The summed E-state index contributed by atoms with van der Waals surface area (Å²) in [6, 6.07) is 7.83. The number of aromatic nitrogens is 5. The number of hydrogen-bond acceptors (Lipinski definition) is 6. The lowest BCUT2D eigenvalue weighted by Crippen LogP contribution is -2.03. The van der Waals surface area contributed by atoms with Gasteiger partial charge in [0.15, 0.2) is 5.69 Å². The first-order valence-corrected chi connectivity index (χ1v) is 5.86. The Morgan fingerprint density at radius 1 is 1.26 bits per heavy atom. The van der Waals surface area contributed by atoms with Crippen molar-refractivity contribution in [1.29, 1.82) is 0 Å². The van der Waals surface area contributed by atoms with Crippen molar-refractivity contribution in [3.8, 4) is 23.0 Å². The summed E-state index contributed by atoms with van der Waals surface area (Å²) in [5.41, 5.74) is 8.13. The zero-order valence-corrected chi connectivity index (χ0v) is 10.1. The largest absolute Gasteiger partial charge is 0.334 e. The van der Waals surface area contributed by atoms with Crippen LogP contribution in [0.5, 0.6) is 0 Å². The van der Waals surface area contributed by atoms with Gasteiger partial charge in [-0.05, 0) is 24.6 Å². The summed E-state index contributed by atoms with van der Waals surface area (Å²) in [7, 11) is 0. The molecule has 0 aliphatic heterocycles. The van der Waals surface area contributed by atoms with E-state index in [4.69, 9.17) is 10.3 Å². The smallest absolute Gasteiger partial charge is 0.258 e. The highest BCUT2D eigenvalue weighted by molar-refractivity contribution is 5.60. The summed E-state index contributed by atoms with van der Waals surface area (Å²) in [4.78, 5) is 4.32. The molecule has 2 heterocycles. The van der Waals surface area contributed by atoms with Crippen LogP contribution in [0, 0.1) is 0 Å². The molecule has 1 aromatic carbocycles. The summed E-state index contributed by atoms with van der Waals surface area (Å²) in [6.45, 7) is 0.571. The summed E-state index contributed by atoms with van der Waals surface area (Å²) in [6.07, 6.45) is 2.30.